The predicted octanol–water partition coefficient (Wildman–Crippen LogP) is 3.55. The van der Waals surface area contributed by atoms with Gasteiger partial charge in [0, 0.05) is 4.47 Å². The summed E-state index contributed by atoms with van der Waals surface area (Å²) in [6.45, 7) is 0. The van der Waals surface area contributed by atoms with Crippen molar-refractivity contribution in [3.05, 3.63) is 58.1 Å². The number of methoxy groups -OCH3 is 1. The van der Waals surface area contributed by atoms with Crippen LogP contribution in [-0.2, 0) is 0 Å². The molecule has 0 N–H and O–H groups in total. The third kappa shape index (κ3) is 2.98. The fraction of sp³-hybridized carbons (Fsp3) is 0.0667. The van der Waals surface area contributed by atoms with Crippen LogP contribution in [-0.4, -0.2) is 13.1 Å². The van der Waals surface area contributed by atoms with Crippen molar-refractivity contribution in [2.75, 3.05) is 7.11 Å². The van der Waals surface area contributed by atoms with Gasteiger partial charge in [0.15, 0.2) is 0 Å². The van der Waals surface area contributed by atoms with Gasteiger partial charge in [0.2, 0.25) is 0 Å². The van der Waals surface area contributed by atoms with Crippen LogP contribution in [0.2, 0.25) is 0 Å². The van der Waals surface area contributed by atoms with Gasteiger partial charge in [-0.05, 0) is 46.3 Å². The largest absolute Gasteiger partial charge is 0.497 e. The Labute approximate surface area is 124 Å². The van der Waals surface area contributed by atoms with Crippen molar-refractivity contribution in [3.63, 3.8) is 0 Å². The Morgan fingerprint density at radius 2 is 2.00 bits per heavy atom. The van der Waals surface area contributed by atoms with Gasteiger partial charge in [-0.15, -0.1) is 0 Å². The van der Waals surface area contributed by atoms with Gasteiger partial charge in [0.1, 0.15) is 17.6 Å². The highest BCUT2D eigenvalue weighted by Gasteiger charge is 2.15. The van der Waals surface area contributed by atoms with Crippen LogP contribution in [0, 0.1) is 11.3 Å². The molecular formula is C15H10BrNO3. The number of esters is 1. The fourth-order valence-corrected chi connectivity index (χ4v) is 2.00. The lowest BCUT2D eigenvalue weighted by molar-refractivity contribution is 0.0733. The molecule has 0 heterocycles. The molecule has 0 saturated carbocycles. The number of halogens is 1. The second-order valence-electron chi connectivity index (χ2n) is 3.84. The average molecular weight is 332 g/mol. The third-order valence-corrected chi connectivity index (χ3v) is 3.30. The smallest absolute Gasteiger partial charge is 0.344 e. The zero-order valence-corrected chi connectivity index (χ0v) is 12.2. The van der Waals surface area contributed by atoms with E-state index in [1.807, 2.05) is 6.07 Å². The molecule has 0 fully saturated rings. The minimum atomic E-state index is -0.557. The lowest BCUT2D eigenvalue weighted by atomic mass is 10.2. The second kappa shape index (κ2) is 6.22. The molecule has 0 aliphatic rings. The number of para-hydroxylation sites is 1. The molecule has 2 rings (SSSR count). The topological polar surface area (TPSA) is 59.3 Å². The lowest BCUT2D eigenvalue weighted by Gasteiger charge is -2.08. The molecular weight excluding hydrogens is 322 g/mol. The Morgan fingerprint density at radius 3 is 2.70 bits per heavy atom. The minimum absolute atomic E-state index is 0.231. The minimum Gasteiger partial charge on any atom is -0.497 e. The van der Waals surface area contributed by atoms with E-state index in [1.165, 1.54) is 7.11 Å². The number of nitrogens with zero attached hydrogens (tertiary/aromatic N) is 1. The molecule has 100 valence electrons. The number of rotatable bonds is 3. The van der Waals surface area contributed by atoms with E-state index in [4.69, 9.17) is 14.7 Å². The zero-order chi connectivity index (χ0) is 14.5. The Bertz CT molecular complexity index is 692. The molecule has 0 aliphatic carbocycles. The quantitative estimate of drug-likeness (QED) is 0.637. The molecule has 0 amide bonds. The summed E-state index contributed by atoms with van der Waals surface area (Å²) in [5.41, 5.74) is 0.636. The van der Waals surface area contributed by atoms with Gasteiger partial charge in [0.05, 0.1) is 18.2 Å². The summed E-state index contributed by atoms with van der Waals surface area (Å²) in [4.78, 5) is 12.2. The molecule has 0 atom stereocenters. The van der Waals surface area contributed by atoms with Crippen molar-refractivity contribution in [2.45, 2.75) is 0 Å². The maximum absolute atomic E-state index is 12.2. The van der Waals surface area contributed by atoms with Crippen molar-refractivity contribution in [2.24, 2.45) is 0 Å². The zero-order valence-electron chi connectivity index (χ0n) is 10.6. The monoisotopic (exact) mass is 331 g/mol. The Kier molecular flexibility index (Phi) is 4.38. The third-order valence-electron chi connectivity index (χ3n) is 2.60. The Balaban J connectivity index is 2.31. The first-order valence-corrected chi connectivity index (χ1v) is 6.50. The van der Waals surface area contributed by atoms with Crippen LogP contribution in [0.25, 0.3) is 0 Å². The van der Waals surface area contributed by atoms with Gasteiger partial charge in [-0.25, -0.2) is 4.79 Å². The van der Waals surface area contributed by atoms with E-state index in [0.717, 1.165) is 0 Å². The van der Waals surface area contributed by atoms with Crippen LogP contribution >= 0.6 is 15.9 Å². The number of hydrogen-bond acceptors (Lipinski definition) is 4. The summed E-state index contributed by atoms with van der Waals surface area (Å²) in [6.07, 6.45) is 0. The van der Waals surface area contributed by atoms with E-state index >= 15 is 0 Å². The SMILES string of the molecule is COc1ccc(Br)c(C(=O)Oc2ccccc2C#N)c1. The fourth-order valence-electron chi connectivity index (χ4n) is 1.59. The van der Waals surface area contributed by atoms with Crippen molar-refractivity contribution in [3.8, 4) is 17.6 Å². The van der Waals surface area contributed by atoms with E-state index in [2.05, 4.69) is 15.9 Å². The van der Waals surface area contributed by atoms with Gasteiger partial charge < -0.3 is 9.47 Å². The predicted molar refractivity (Wildman–Crippen MR) is 76.8 cm³/mol. The molecule has 0 saturated heterocycles. The number of carbonyl (C=O) groups is 1. The van der Waals surface area contributed by atoms with Gasteiger partial charge >= 0.3 is 5.97 Å². The summed E-state index contributed by atoms with van der Waals surface area (Å²) in [5, 5.41) is 8.97. The van der Waals surface area contributed by atoms with Crippen LogP contribution in [0.15, 0.2) is 46.9 Å². The standard InChI is InChI=1S/C15H10BrNO3/c1-19-11-6-7-13(16)12(8-11)15(18)20-14-5-3-2-4-10(14)9-17/h2-8H,1H3. The molecule has 0 aliphatic heterocycles. The van der Waals surface area contributed by atoms with Crippen LogP contribution in [0.3, 0.4) is 0 Å². The maximum atomic E-state index is 12.2. The van der Waals surface area contributed by atoms with Crippen molar-refractivity contribution in [1.29, 1.82) is 5.26 Å². The van der Waals surface area contributed by atoms with Crippen LogP contribution < -0.4 is 9.47 Å². The number of carbonyl (C=O) groups excluding carboxylic acids is 1. The van der Waals surface area contributed by atoms with E-state index in [9.17, 15) is 4.79 Å². The molecule has 0 aromatic heterocycles. The highest BCUT2D eigenvalue weighted by atomic mass is 79.9. The summed E-state index contributed by atoms with van der Waals surface area (Å²) >= 11 is 3.29. The molecule has 5 heteroatoms. The van der Waals surface area contributed by atoms with Crippen molar-refractivity contribution < 1.29 is 14.3 Å². The summed E-state index contributed by atoms with van der Waals surface area (Å²) in [6, 6.07) is 13.5. The molecule has 0 spiro atoms. The van der Waals surface area contributed by atoms with E-state index < -0.39 is 5.97 Å². The summed E-state index contributed by atoms with van der Waals surface area (Å²) < 4.78 is 10.9. The molecule has 4 nitrogen and oxygen atoms in total. The van der Waals surface area contributed by atoms with Crippen molar-refractivity contribution >= 4 is 21.9 Å². The molecule has 20 heavy (non-hydrogen) atoms. The normalized spacial score (nSPS) is 9.65. The maximum Gasteiger partial charge on any atom is 0.344 e. The first-order valence-electron chi connectivity index (χ1n) is 5.70. The van der Waals surface area contributed by atoms with Crippen LogP contribution in [0.4, 0.5) is 0 Å². The Hall–Kier alpha value is -2.32. The van der Waals surface area contributed by atoms with Gasteiger partial charge in [0.25, 0.3) is 0 Å². The van der Waals surface area contributed by atoms with E-state index in [1.54, 1.807) is 42.5 Å². The molecule has 2 aromatic carbocycles. The molecule has 0 radical (unpaired) electrons. The second-order valence-corrected chi connectivity index (χ2v) is 4.70. The van der Waals surface area contributed by atoms with E-state index in [0.29, 0.717) is 21.3 Å². The van der Waals surface area contributed by atoms with Gasteiger partial charge in [-0.3, -0.25) is 0 Å². The van der Waals surface area contributed by atoms with E-state index in [-0.39, 0.29) is 5.75 Å². The van der Waals surface area contributed by atoms with Crippen LogP contribution in [0.1, 0.15) is 15.9 Å². The van der Waals surface area contributed by atoms with Gasteiger partial charge in [-0.2, -0.15) is 5.26 Å². The van der Waals surface area contributed by atoms with Gasteiger partial charge in [-0.1, -0.05) is 12.1 Å². The Morgan fingerprint density at radius 1 is 1.25 bits per heavy atom. The number of ether oxygens (including phenoxy) is 2. The molecule has 2 aromatic rings. The highest BCUT2D eigenvalue weighted by Crippen LogP contribution is 2.25. The molecule has 0 bridgehead atoms. The number of nitriles is 1. The number of benzene rings is 2. The highest BCUT2D eigenvalue weighted by molar-refractivity contribution is 9.10. The number of hydrogen-bond donors (Lipinski definition) is 0. The average Bonchev–Trinajstić information content (AvgIpc) is 2.48. The van der Waals surface area contributed by atoms with Crippen molar-refractivity contribution in [1.82, 2.24) is 0 Å². The first-order chi connectivity index (χ1) is 9.65. The summed E-state index contributed by atoms with van der Waals surface area (Å²) in [5.74, 6) is 0.224. The van der Waals surface area contributed by atoms with Crippen LogP contribution in [0.5, 0.6) is 11.5 Å². The first kappa shape index (κ1) is 14.1. The molecule has 0 unspecified atom stereocenters. The summed E-state index contributed by atoms with van der Waals surface area (Å²) in [7, 11) is 1.52. The lowest BCUT2D eigenvalue weighted by Crippen LogP contribution is -2.10.